The van der Waals surface area contributed by atoms with E-state index in [-0.39, 0.29) is 10.8 Å². The van der Waals surface area contributed by atoms with Gasteiger partial charge in [-0.1, -0.05) is 46.3 Å². The number of hydrogen-bond acceptors (Lipinski definition) is 3. The fraction of sp³-hybridized carbons (Fsp3) is 0.0500. The van der Waals surface area contributed by atoms with Gasteiger partial charge in [0.15, 0.2) is 0 Å². The monoisotopic (exact) mass is 429 g/mol. The Balaban J connectivity index is 2.05. The lowest BCUT2D eigenvalue weighted by atomic mass is 10.2. The van der Waals surface area contributed by atoms with E-state index in [0.717, 1.165) is 10.0 Å². The zero-order valence-corrected chi connectivity index (χ0v) is 16.4. The van der Waals surface area contributed by atoms with Crippen molar-refractivity contribution in [3.63, 3.8) is 0 Å². The minimum atomic E-state index is -3.91. The van der Waals surface area contributed by atoms with Gasteiger partial charge in [-0.05, 0) is 61.0 Å². The lowest BCUT2D eigenvalue weighted by Crippen LogP contribution is -2.13. The third-order valence-corrected chi connectivity index (χ3v) is 5.34. The van der Waals surface area contributed by atoms with Crippen LogP contribution >= 0.6 is 15.9 Å². The summed E-state index contributed by atoms with van der Waals surface area (Å²) in [5.74, 6) is 0.553. The van der Waals surface area contributed by atoms with Crippen molar-refractivity contribution in [1.29, 1.82) is 0 Å². The molecule has 0 unspecified atom stereocenters. The van der Waals surface area contributed by atoms with Crippen LogP contribution in [0.3, 0.4) is 0 Å². The molecule has 6 heteroatoms. The zero-order chi connectivity index (χ0) is 18.6. The highest BCUT2D eigenvalue weighted by atomic mass is 79.9. The molecule has 0 atom stereocenters. The van der Waals surface area contributed by atoms with Crippen LogP contribution in [0, 0.1) is 6.92 Å². The molecule has 0 saturated heterocycles. The van der Waals surface area contributed by atoms with E-state index >= 15 is 0 Å². The van der Waals surface area contributed by atoms with Crippen LogP contribution in [0.25, 0.3) is 0 Å². The molecule has 0 radical (unpaired) electrons. The topological polar surface area (TPSA) is 55.7 Å². The summed E-state index contributed by atoms with van der Waals surface area (Å²) in [7, 11) is -3.91. The number of nitrogens with zero attached hydrogens (tertiary/aromatic N) is 1. The van der Waals surface area contributed by atoms with Gasteiger partial charge in [0.1, 0.15) is 5.75 Å². The van der Waals surface area contributed by atoms with Gasteiger partial charge in [-0.25, -0.2) is 0 Å². The van der Waals surface area contributed by atoms with Crippen molar-refractivity contribution in [2.45, 2.75) is 11.8 Å². The molecule has 132 valence electrons. The lowest BCUT2D eigenvalue weighted by molar-refractivity contribution is 0.550. The van der Waals surface area contributed by atoms with Crippen molar-refractivity contribution in [2.75, 3.05) is 0 Å². The van der Waals surface area contributed by atoms with Gasteiger partial charge in [-0.3, -0.25) is 0 Å². The average molecular weight is 430 g/mol. The summed E-state index contributed by atoms with van der Waals surface area (Å²) in [6.45, 7) is 1.94. The molecule has 0 saturated carbocycles. The first-order chi connectivity index (χ1) is 12.4. The van der Waals surface area contributed by atoms with E-state index in [2.05, 4.69) is 20.3 Å². The lowest BCUT2D eigenvalue weighted by Gasteiger charge is -2.10. The molecule has 0 aliphatic carbocycles. The Morgan fingerprint density at radius 2 is 1.62 bits per heavy atom. The highest BCUT2D eigenvalue weighted by molar-refractivity contribution is 9.10. The number of aryl methyl sites for hydroxylation is 1. The van der Waals surface area contributed by atoms with E-state index in [1.54, 1.807) is 42.5 Å². The summed E-state index contributed by atoms with van der Waals surface area (Å²) in [6, 6.07) is 22.6. The van der Waals surface area contributed by atoms with Gasteiger partial charge in [0.05, 0.1) is 4.90 Å². The SMILES string of the molecule is Cc1cccc(OC(=NS(=O)(=O)c2ccc(Br)cc2)c2ccccc2)c1. The van der Waals surface area contributed by atoms with Gasteiger partial charge in [0, 0.05) is 10.0 Å². The maximum atomic E-state index is 12.7. The van der Waals surface area contributed by atoms with Crippen LogP contribution in [0.5, 0.6) is 5.75 Å². The fourth-order valence-corrected chi connectivity index (χ4v) is 3.48. The Labute approximate surface area is 161 Å². The predicted octanol–water partition coefficient (Wildman–Crippen LogP) is 4.97. The molecule has 0 N–H and O–H groups in total. The molecule has 0 aromatic heterocycles. The van der Waals surface area contributed by atoms with E-state index in [1.165, 1.54) is 12.1 Å². The van der Waals surface area contributed by atoms with Gasteiger partial charge in [-0.15, -0.1) is 4.40 Å². The van der Waals surface area contributed by atoms with E-state index in [4.69, 9.17) is 4.74 Å². The maximum Gasteiger partial charge on any atom is 0.285 e. The van der Waals surface area contributed by atoms with Crippen molar-refractivity contribution >= 4 is 31.9 Å². The molecule has 0 aliphatic rings. The number of hydrogen-bond donors (Lipinski definition) is 0. The van der Waals surface area contributed by atoms with Gasteiger partial charge in [-0.2, -0.15) is 8.42 Å². The molecule has 26 heavy (non-hydrogen) atoms. The third kappa shape index (κ3) is 4.59. The second-order valence-corrected chi connectivity index (χ2v) is 8.13. The maximum absolute atomic E-state index is 12.7. The first kappa shape index (κ1) is 18.4. The molecule has 3 rings (SSSR count). The minimum Gasteiger partial charge on any atom is -0.438 e. The Kier molecular flexibility index (Phi) is 5.54. The van der Waals surface area contributed by atoms with Crippen molar-refractivity contribution in [3.05, 3.63) is 94.5 Å². The predicted molar refractivity (Wildman–Crippen MR) is 106 cm³/mol. The van der Waals surface area contributed by atoms with Gasteiger partial charge < -0.3 is 4.74 Å². The molecular formula is C20H16BrNO3S. The summed E-state index contributed by atoms with van der Waals surface area (Å²) in [6.07, 6.45) is 0. The van der Waals surface area contributed by atoms with Crippen LogP contribution in [-0.2, 0) is 10.0 Å². The zero-order valence-electron chi connectivity index (χ0n) is 14.0. The number of halogens is 1. The number of benzene rings is 3. The standard InChI is InChI=1S/C20H16BrNO3S/c1-15-6-5-9-18(14-15)25-20(16-7-3-2-4-8-16)22-26(23,24)19-12-10-17(21)11-13-19/h2-14H,1H3. The minimum absolute atomic E-state index is 0.0270. The van der Waals surface area contributed by atoms with Crippen LogP contribution in [0.4, 0.5) is 0 Å². The fourth-order valence-electron chi connectivity index (χ4n) is 2.27. The molecule has 0 aliphatic heterocycles. The van der Waals surface area contributed by atoms with Crippen molar-refractivity contribution < 1.29 is 13.2 Å². The summed E-state index contributed by atoms with van der Waals surface area (Å²) in [5, 5.41) is 0. The Bertz CT molecular complexity index is 1030. The van der Waals surface area contributed by atoms with Gasteiger partial charge >= 0.3 is 0 Å². The van der Waals surface area contributed by atoms with Crippen molar-refractivity contribution in [3.8, 4) is 5.75 Å². The molecule has 0 heterocycles. The molecule has 3 aromatic carbocycles. The first-order valence-corrected chi connectivity index (χ1v) is 10.1. The second-order valence-electron chi connectivity index (χ2n) is 5.61. The Morgan fingerprint density at radius 1 is 0.923 bits per heavy atom. The third-order valence-electron chi connectivity index (χ3n) is 3.54. The average Bonchev–Trinajstić information content (AvgIpc) is 2.62. The van der Waals surface area contributed by atoms with E-state index in [0.29, 0.717) is 11.3 Å². The van der Waals surface area contributed by atoms with Gasteiger partial charge in [0.25, 0.3) is 10.0 Å². The van der Waals surface area contributed by atoms with Crippen LogP contribution in [0.2, 0.25) is 0 Å². The summed E-state index contributed by atoms with van der Waals surface area (Å²) < 4.78 is 36.0. The van der Waals surface area contributed by atoms with E-state index in [1.807, 2.05) is 31.2 Å². The normalized spacial score (nSPS) is 12.0. The largest absolute Gasteiger partial charge is 0.438 e. The van der Waals surface area contributed by atoms with Crippen LogP contribution in [-0.4, -0.2) is 14.3 Å². The number of ether oxygens (including phenoxy) is 1. The van der Waals surface area contributed by atoms with E-state index in [9.17, 15) is 8.42 Å². The quantitative estimate of drug-likeness (QED) is 0.434. The van der Waals surface area contributed by atoms with Crippen molar-refractivity contribution in [1.82, 2.24) is 0 Å². The molecule has 3 aromatic rings. The second kappa shape index (κ2) is 7.85. The smallest absolute Gasteiger partial charge is 0.285 e. The van der Waals surface area contributed by atoms with Gasteiger partial charge in [0.2, 0.25) is 5.90 Å². The Hall–Kier alpha value is -2.44. The highest BCUT2D eigenvalue weighted by Crippen LogP contribution is 2.20. The molecule has 0 amide bonds. The van der Waals surface area contributed by atoms with Crippen LogP contribution < -0.4 is 4.74 Å². The number of rotatable bonds is 4. The summed E-state index contributed by atoms with van der Waals surface area (Å²) in [4.78, 5) is 0.0990. The van der Waals surface area contributed by atoms with Crippen molar-refractivity contribution in [2.24, 2.45) is 4.40 Å². The molecule has 0 bridgehead atoms. The first-order valence-electron chi connectivity index (χ1n) is 7.84. The molecule has 0 spiro atoms. The molecular weight excluding hydrogens is 414 g/mol. The van der Waals surface area contributed by atoms with Crippen LogP contribution in [0.1, 0.15) is 11.1 Å². The van der Waals surface area contributed by atoms with E-state index < -0.39 is 10.0 Å². The molecule has 4 nitrogen and oxygen atoms in total. The number of sulfonamides is 1. The summed E-state index contributed by atoms with van der Waals surface area (Å²) in [5.41, 5.74) is 1.58. The highest BCUT2D eigenvalue weighted by Gasteiger charge is 2.17. The summed E-state index contributed by atoms with van der Waals surface area (Å²) >= 11 is 3.30. The van der Waals surface area contributed by atoms with Crippen LogP contribution in [0.15, 0.2) is 92.6 Å². The Morgan fingerprint density at radius 3 is 2.27 bits per heavy atom. The molecule has 0 fully saturated rings.